The van der Waals surface area contributed by atoms with Gasteiger partial charge in [-0.1, -0.05) is 0 Å². The first-order chi connectivity index (χ1) is 5.93. The molecule has 1 rings (SSSR count). The lowest BCUT2D eigenvalue weighted by atomic mass is 10.2. The van der Waals surface area contributed by atoms with Crippen molar-refractivity contribution < 1.29 is 13.2 Å². The van der Waals surface area contributed by atoms with E-state index < -0.39 is 12.3 Å². The molecule has 78 valence electrons. The molecule has 0 aromatic rings. The van der Waals surface area contributed by atoms with E-state index in [9.17, 15) is 13.2 Å². The van der Waals surface area contributed by atoms with E-state index in [0.717, 1.165) is 0 Å². The highest BCUT2D eigenvalue weighted by atomic mass is 19.4. The Morgan fingerprint density at radius 2 is 2.00 bits per heavy atom. The van der Waals surface area contributed by atoms with Crippen molar-refractivity contribution in [1.29, 1.82) is 0 Å². The maximum atomic E-state index is 12.5. The Labute approximate surface area is 76.1 Å². The zero-order valence-electron chi connectivity index (χ0n) is 7.86. The number of alkyl halides is 3. The fraction of sp³-hybridized carbons (Fsp3) is 1.00. The number of hydrogen-bond donors (Lipinski definition) is 1. The highest BCUT2D eigenvalue weighted by molar-refractivity contribution is 4.83. The number of hydrogen-bond acceptors (Lipinski definition) is 2. The van der Waals surface area contributed by atoms with Crippen molar-refractivity contribution in [2.75, 3.05) is 13.1 Å². The number of nitrogens with zero attached hydrogens (tertiary/aromatic N) is 1. The molecule has 0 saturated carbocycles. The van der Waals surface area contributed by atoms with E-state index in [1.807, 2.05) is 0 Å². The van der Waals surface area contributed by atoms with Crippen LogP contribution in [0.5, 0.6) is 0 Å². The van der Waals surface area contributed by atoms with Gasteiger partial charge in [-0.05, 0) is 26.8 Å². The largest absolute Gasteiger partial charge is 0.460 e. The van der Waals surface area contributed by atoms with Gasteiger partial charge < -0.3 is 5.32 Å². The number of halogens is 3. The summed E-state index contributed by atoms with van der Waals surface area (Å²) in [5.74, 6) is 0. The molecule has 0 bridgehead atoms. The molecule has 0 spiro atoms. The van der Waals surface area contributed by atoms with Crippen LogP contribution in [0, 0.1) is 0 Å². The molecule has 0 radical (unpaired) electrons. The van der Waals surface area contributed by atoms with Crippen LogP contribution < -0.4 is 5.32 Å². The fourth-order valence-corrected chi connectivity index (χ4v) is 1.80. The van der Waals surface area contributed by atoms with Gasteiger partial charge in [0.25, 0.3) is 0 Å². The Bertz CT molecular complexity index is 161. The lowest BCUT2D eigenvalue weighted by molar-refractivity contribution is -0.266. The van der Waals surface area contributed by atoms with Crippen LogP contribution in [0.2, 0.25) is 0 Å². The average Bonchev–Trinajstić information content (AvgIpc) is 2.34. The molecule has 0 aromatic heterocycles. The molecule has 0 unspecified atom stereocenters. The van der Waals surface area contributed by atoms with Gasteiger partial charge in [0, 0.05) is 18.6 Å². The van der Waals surface area contributed by atoms with Crippen molar-refractivity contribution in [2.45, 2.75) is 38.7 Å². The van der Waals surface area contributed by atoms with Gasteiger partial charge >= 0.3 is 6.30 Å². The first kappa shape index (κ1) is 10.8. The second-order valence-electron chi connectivity index (χ2n) is 3.62. The summed E-state index contributed by atoms with van der Waals surface area (Å²) < 4.78 is 37.6. The van der Waals surface area contributed by atoms with E-state index in [-0.39, 0.29) is 6.04 Å². The Morgan fingerprint density at radius 3 is 2.31 bits per heavy atom. The molecule has 0 amide bonds. The van der Waals surface area contributed by atoms with Gasteiger partial charge in [-0.25, -0.2) is 4.90 Å². The van der Waals surface area contributed by atoms with Crippen LogP contribution in [0.1, 0.15) is 20.3 Å². The van der Waals surface area contributed by atoms with Crippen LogP contribution in [0.4, 0.5) is 13.2 Å². The lowest BCUT2D eigenvalue weighted by Gasteiger charge is -2.33. The molecule has 1 atom stereocenters. The van der Waals surface area contributed by atoms with Crippen LogP contribution in [0.25, 0.3) is 0 Å². The highest BCUT2D eigenvalue weighted by Crippen LogP contribution is 2.28. The average molecular weight is 196 g/mol. The molecule has 13 heavy (non-hydrogen) atoms. The van der Waals surface area contributed by atoms with Gasteiger partial charge in [0.15, 0.2) is 0 Å². The van der Waals surface area contributed by atoms with Crippen LogP contribution >= 0.6 is 0 Å². The molecule has 1 N–H and O–H groups in total. The van der Waals surface area contributed by atoms with E-state index in [2.05, 4.69) is 5.32 Å². The predicted octanol–water partition coefficient (Wildman–Crippen LogP) is 1.58. The third kappa shape index (κ3) is 2.57. The maximum absolute atomic E-state index is 12.5. The van der Waals surface area contributed by atoms with Gasteiger partial charge in [-0.3, -0.25) is 0 Å². The maximum Gasteiger partial charge on any atom is 0.460 e. The summed E-state index contributed by atoms with van der Waals surface area (Å²) >= 11 is 0. The summed E-state index contributed by atoms with van der Waals surface area (Å²) in [6.45, 7) is 4.28. The van der Waals surface area contributed by atoms with Gasteiger partial charge in [0.05, 0.1) is 0 Å². The highest BCUT2D eigenvalue weighted by Gasteiger charge is 2.44. The minimum atomic E-state index is -4.20. The van der Waals surface area contributed by atoms with Gasteiger partial charge in [0.2, 0.25) is 0 Å². The SMILES string of the molecule is CC(C)N([C@H]1CCNC1)C(F)(F)F. The Kier molecular flexibility index (Phi) is 3.18. The van der Waals surface area contributed by atoms with Crippen molar-refractivity contribution in [3.63, 3.8) is 0 Å². The molecule has 5 heteroatoms. The van der Waals surface area contributed by atoms with Crippen molar-refractivity contribution in [1.82, 2.24) is 10.2 Å². The van der Waals surface area contributed by atoms with E-state index in [1.165, 1.54) is 0 Å². The zero-order chi connectivity index (χ0) is 10.1. The summed E-state index contributed by atoms with van der Waals surface area (Å²) in [7, 11) is 0. The first-order valence-corrected chi connectivity index (χ1v) is 4.49. The summed E-state index contributed by atoms with van der Waals surface area (Å²) in [5, 5.41) is 2.94. The van der Waals surface area contributed by atoms with Crippen molar-refractivity contribution in [2.24, 2.45) is 0 Å². The summed E-state index contributed by atoms with van der Waals surface area (Å²) in [6, 6.07) is -0.870. The molecular weight excluding hydrogens is 181 g/mol. The minimum absolute atomic E-state index is 0.389. The van der Waals surface area contributed by atoms with E-state index >= 15 is 0 Å². The second-order valence-corrected chi connectivity index (χ2v) is 3.62. The molecule has 1 fully saturated rings. The molecule has 1 heterocycles. The molecular formula is C8H15F3N2. The fourth-order valence-electron chi connectivity index (χ4n) is 1.80. The quantitative estimate of drug-likeness (QED) is 0.674. The van der Waals surface area contributed by atoms with Gasteiger partial charge in [-0.15, -0.1) is 0 Å². The molecule has 1 aliphatic rings. The van der Waals surface area contributed by atoms with Crippen LogP contribution in [-0.2, 0) is 0 Å². The van der Waals surface area contributed by atoms with Crippen molar-refractivity contribution in [3.8, 4) is 0 Å². The van der Waals surface area contributed by atoms with Crippen LogP contribution in [0.3, 0.4) is 0 Å². The second kappa shape index (κ2) is 3.84. The van der Waals surface area contributed by atoms with Crippen LogP contribution in [-0.4, -0.2) is 36.4 Å². The van der Waals surface area contributed by atoms with Crippen LogP contribution in [0.15, 0.2) is 0 Å². The molecule has 1 aliphatic heterocycles. The number of rotatable bonds is 2. The Hall–Kier alpha value is -0.290. The summed E-state index contributed by atoms with van der Waals surface area (Å²) in [4.78, 5) is 0.632. The molecule has 0 aromatic carbocycles. The van der Waals surface area contributed by atoms with E-state index in [0.29, 0.717) is 24.4 Å². The van der Waals surface area contributed by atoms with Gasteiger partial charge in [0.1, 0.15) is 0 Å². The van der Waals surface area contributed by atoms with E-state index in [1.54, 1.807) is 13.8 Å². The standard InChI is InChI=1S/C8H15F3N2/c1-6(2)13(8(9,10)11)7-3-4-12-5-7/h6-7,12H,3-5H2,1-2H3/t7-/m0/s1. The predicted molar refractivity (Wildman–Crippen MR) is 44.3 cm³/mol. The normalized spacial score (nSPS) is 24.7. The third-order valence-electron chi connectivity index (χ3n) is 2.28. The van der Waals surface area contributed by atoms with Crippen molar-refractivity contribution >= 4 is 0 Å². The van der Waals surface area contributed by atoms with E-state index in [4.69, 9.17) is 0 Å². The lowest BCUT2D eigenvalue weighted by Crippen LogP contribution is -2.50. The smallest absolute Gasteiger partial charge is 0.315 e. The number of nitrogens with one attached hydrogen (secondary N) is 1. The Morgan fingerprint density at radius 1 is 1.38 bits per heavy atom. The summed E-state index contributed by atoms with van der Waals surface area (Å²) in [6.07, 6.45) is -3.62. The zero-order valence-corrected chi connectivity index (χ0v) is 7.86. The topological polar surface area (TPSA) is 15.3 Å². The Balaban J connectivity index is 2.67. The monoisotopic (exact) mass is 196 g/mol. The minimum Gasteiger partial charge on any atom is -0.315 e. The van der Waals surface area contributed by atoms with Gasteiger partial charge in [-0.2, -0.15) is 13.2 Å². The summed E-state index contributed by atoms with van der Waals surface area (Å²) in [5.41, 5.74) is 0. The first-order valence-electron chi connectivity index (χ1n) is 4.49. The van der Waals surface area contributed by atoms with Crippen molar-refractivity contribution in [3.05, 3.63) is 0 Å². The third-order valence-corrected chi connectivity index (χ3v) is 2.28. The molecule has 0 aliphatic carbocycles. The molecule has 1 saturated heterocycles. The molecule has 2 nitrogen and oxygen atoms in total.